The van der Waals surface area contributed by atoms with E-state index in [1.807, 2.05) is 0 Å². The van der Waals surface area contributed by atoms with Crippen LogP contribution in [0.5, 0.6) is 0 Å². The lowest BCUT2D eigenvalue weighted by Gasteiger charge is -2.33. The molecule has 0 aromatic rings. The average molecular weight is 332 g/mol. The van der Waals surface area contributed by atoms with Gasteiger partial charge < -0.3 is 8.54 Å². The van der Waals surface area contributed by atoms with Crippen molar-refractivity contribution in [2.45, 2.75) is 96.8 Å². The lowest BCUT2D eigenvalue weighted by atomic mass is 10.1. The van der Waals surface area contributed by atoms with Gasteiger partial charge >= 0.3 is 0 Å². The summed E-state index contributed by atoms with van der Waals surface area (Å²) in [6.45, 7) is 15.8. The van der Waals surface area contributed by atoms with Gasteiger partial charge in [-0.1, -0.05) is 45.4 Å². The second-order valence-electron chi connectivity index (χ2n) is 6.65. The number of unbranched alkanes of at least 4 members (excludes halogenated alkanes) is 4. The molecule has 3 radical (unpaired) electrons. The zero-order valence-electron chi connectivity index (χ0n) is 14.7. The standard InChI is InChI=1S/C15H35O2Si3/c1-8-9-10-11-12-13-15(18-16-14(2)3)20(6,7)17-19(4)5/h14-15H,8-13H2,1-7H3. The van der Waals surface area contributed by atoms with Gasteiger partial charge in [-0.15, -0.1) is 0 Å². The second-order valence-corrected chi connectivity index (χ2v) is 14.9. The maximum Gasteiger partial charge on any atom is 0.232 e. The van der Waals surface area contributed by atoms with Crippen LogP contribution in [0.4, 0.5) is 0 Å². The third kappa shape index (κ3) is 10.3. The van der Waals surface area contributed by atoms with Crippen LogP contribution in [0.1, 0.15) is 59.3 Å². The van der Waals surface area contributed by atoms with E-state index in [-0.39, 0.29) is 0 Å². The smallest absolute Gasteiger partial charge is 0.232 e. The fraction of sp³-hybridized carbons (Fsp3) is 1.00. The van der Waals surface area contributed by atoms with Crippen LogP contribution in [0.2, 0.25) is 31.4 Å². The van der Waals surface area contributed by atoms with E-state index in [0.29, 0.717) is 21.0 Å². The summed E-state index contributed by atoms with van der Waals surface area (Å²) in [6, 6.07) is 0. The van der Waals surface area contributed by atoms with Crippen LogP contribution in [0.25, 0.3) is 0 Å². The lowest BCUT2D eigenvalue weighted by Crippen LogP contribution is -2.43. The summed E-state index contributed by atoms with van der Waals surface area (Å²) in [7, 11) is -1.58. The topological polar surface area (TPSA) is 18.5 Å². The summed E-state index contributed by atoms with van der Waals surface area (Å²) >= 11 is 0. The van der Waals surface area contributed by atoms with E-state index in [9.17, 15) is 0 Å². The maximum absolute atomic E-state index is 6.38. The lowest BCUT2D eigenvalue weighted by molar-refractivity contribution is 0.252. The summed E-state index contributed by atoms with van der Waals surface area (Å²) in [5.74, 6) is 0. The fourth-order valence-electron chi connectivity index (χ4n) is 2.32. The Kier molecular flexibility index (Phi) is 11.5. The quantitative estimate of drug-likeness (QED) is 0.362. The highest BCUT2D eigenvalue weighted by atomic mass is 28.4. The van der Waals surface area contributed by atoms with Crippen LogP contribution in [0.15, 0.2) is 0 Å². The van der Waals surface area contributed by atoms with Crippen molar-refractivity contribution in [3.63, 3.8) is 0 Å². The molecule has 0 aromatic heterocycles. The zero-order chi connectivity index (χ0) is 15.6. The number of rotatable bonds is 12. The van der Waals surface area contributed by atoms with Crippen molar-refractivity contribution in [3.8, 4) is 0 Å². The molecule has 0 aromatic carbocycles. The highest BCUT2D eigenvalue weighted by Crippen LogP contribution is 2.29. The number of hydrogen-bond acceptors (Lipinski definition) is 2. The van der Waals surface area contributed by atoms with Crippen molar-refractivity contribution >= 4 is 27.1 Å². The van der Waals surface area contributed by atoms with Gasteiger partial charge in [0.25, 0.3) is 0 Å². The Bertz CT molecular complexity index is 233. The van der Waals surface area contributed by atoms with Gasteiger partial charge in [0.2, 0.25) is 9.76 Å². The first-order chi connectivity index (χ1) is 9.29. The van der Waals surface area contributed by atoms with Gasteiger partial charge in [-0.05, 0) is 45.2 Å². The third-order valence-electron chi connectivity index (χ3n) is 3.35. The van der Waals surface area contributed by atoms with Crippen molar-refractivity contribution in [1.82, 2.24) is 0 Å². The van der Waals surface area contributed by atoms with Crippen molar-refractivity contribution in [2.24, 2.45) is 0 Å². The third-order valence-corrected chi connectivity index (χ3v) is 12.7. The van der Waals surface area contributed by atoms with Gasteiger partial charge in [0.05, 0.1) is 0 Å². The maximum atomic E-state index is 6.38. The summed E-state index contributed by atoms with van der Waals surface area (Å²) in [6.07, 6.45) is 8.44. The average Bonchev–Trinajstić information content (AvgIpc) is 2.30. The van der Waals surface area contributed by atoms with Gasteiger partial charge in [0, 0.05) is 6.10 Å². The molecule has 20 heavy (non-hydrogen) atoms. The Morgan fingerprint density at radius 3 is 2.15 bits per heavy atom. The van der Waals surface area contributed by atoms with E-state index in [1.165, 1.54) is 38.5 Å². The molecule has 2 nitrogen and oxygen atoms in total. The molecule has 0 saturated carbocycles. The first-order valence-electron chi connectivity index (χ1n) is 8.20. The first-order valence-corrected chi connectivity index (χ1v) is 14.6. The molecular weight excluding hydrogens is 296 g/mol. The monoisotopic (exact) mass is 331 g/mol. The van der Waals surface area contributed by atoms with E-state index in [1.54, 1.807) is 0 Å². The van der Waals surface area contributed by atoms with Gasteiger partial charge in [0.1, 0.15) is 0 Å². The first kappa shape index (κ1) is 20.6. The molecule has 0 spiro atoms. The van der Waals surface area contributed by atoms with Gasteiger partial charge in [0.15, 0.2) is 17.4 Å². The molecular formula is C15H35O2Si3. The SMILES string of the molecule is CCCCCCCC([Si]OC(C)C)[Si](C)(C)O[Si](C)C. The summed E-state index contributed by atoms with van der Waals surface area (Å²) in [5.41, 5.74) is 0. The van der Waals surface area contributed by atoms with Crippen LogP contribution < -0.4 is 0 Å². The highest BCUT2D eigenvalue weighted by molar-refractivity contribution is 6.84. The summed E-state index contributed by atoms with van der Waals surface area (Å²) < 4.78 is 12.3. The molecule has 1 unspecified atom stereocenters. The van der Waals surface area contributed by atoms with E-state index < -0.39 is 17.4 Å². The van der Waals surface area contributed by atoms with E-state index in [4.69, 9.17) is 8.54 Å². The van der Waals surface area contributed by atoms with Crippen LogP contribution >= 0.6 is 0 Å². The second kappa shape index (κ2) is 11.2. The van der Waals surface area contributed by atoms with Gasteiger partial charge in [-0.2, -0.15) is 0 Å². The van der Waals surface area contributed by atoms with Crippen LogP contribution in [-0.2, 0) is 8.54 Å². The zero-order valence-corrected chi connectivity index (χ0v) is 17.7. The van der Waals surface area contributed by atoms with Crippen LogP contribution in [0, 0.1) is 0 Å². The predicted octanol–water partition coefficient (Wildman–Crippen LogP) is 5.19. The summed E-state index contributed by atoms with van der Waals surface area (Å²) in [4.78, 5) is 0. The molecule has 0 aliphatic carbocycles. The Morgan fingerprint density at radius 2 is 1.65 bits per heavy atom. The molecule has 0 amide bonds. The molecule has 119 valence electrons. The minimum Gasteiger partial charge on any atom is -0.456 e. The molecule has 0 rings (SSSR count). The van der Waals surface area contributed by atoms with Crippen LogP contribution in [-0.4, -0.2) is 33.2 Å². The molecule has 0 fully saturated rings. The molecule has 0 bridgehead atoms. The van der Waals surface area contributed by atoms with Crippen molar-refractivity contribution in [1.29, 1.82) is 0 Å². The minimum absolute atomic E-state index is 0.341. The predicted molar refractivity (Wildman–Crippen MR) is 95.2 cm³/mol. The molecule has 0 heterocycles. The van der Waals surface area contributed by atoms with Crippen molar-refractivity contribution in [3.05, 3.63) is 0 Å². The Hall–Kier alpha value is 0.571. The van der Waals surface area contributed by atoms with Crippen molar-refractivity contribution in [2.75, 3.05) is 0 Å². The molecule has 0 saturated heterocycles. The van der Waals surface area contributed by atoms with E-state index in [2.05, 4.69) is 47.0 Å². The Labute approximate surface area is 132 Å². The van der Waals surface area contributed by atoms with Crippen molar-refractivity contribution < 1.29 is 8.54 Å². The van der Waals surface area contributed by atoms with E-state index >= 15 is 0 Å². The van der Waals surface area contributed by atoms with Crippen LogP contribution in [0.3, 0.4) is 0 Å². The normalized spacial score (nSPS) is 14.2. The minimum atomic E-state index is -1.60. The summed E-state index contributed by atoms with van der Waals surface area (Å²) in [5, 5.41) is 0.673. The highest BCUT2D eigenvalue weighted by Gasteiger charge is 2.35. The Morgan fingerprint density at radius 1 is 1.05 bits per heavy atom. The molecule has 0 aliphatic heterocycles. The van der Waals surface area contributed by atoms with Gasteiger partial charge in [-0.25, -0.2) is 0 Å². The number of hydrogen-bond donors (Lipinski definition) is 0. The molecule has 1 atom stereocenters. The largest absolute Gasteiger partial charge is 0.456 e. The van der Waals surface area contributed by atoms with Gasteiger partial charge in [-0.3, -0.25) is 0 Å². The molecule has 0 aliphatic rings. The van der Waals surface area contributed by atoms with E-state index in [0.717, 1.165) is 0 Å². The Balaban J connectivity index is 4.31. The molecule has 0 N–H and O–H groups in total. The fourth-order valence-corrected chi connectivity index (χ4v) is 10.6. The molecule has 5 heteroatoms.